The second-order valence-electron chi connectivity index (χ2n) is 5.54. The first-order chi connectivity index (χ1) is 8.80. The number of nitrogen functional groups attached to an aromatic ring is 1. The molecule has 1 amide bonds. The highest BCUT2D eigenvalue weighted by atomic mass is 32.1. The lowest BCUT2D eigenvalue weighted by molar-refractivity contribution is 0.0838. The smallest absolute Gasteiger partial charge is 0.258 e. The van der Waals surface area contributed by atoms with E-state index in [9.17, 15) is 9.90 Å². The first-order valence-corrected chi connectivity index (χ1v) is 7.11. The van der Waals surface area contributed by atoms with Crippen molar-refractivity contribution in [3.8, 4) is 0 Å². The van der Waals surface area contributed by atoms with E-state index in [4.69, 9.17) is 5.73 Å². The summed E-state index contributed by atoms with van der Waals surface area (Å²) in [7, 11) is 0. The lowest BCUT2D eigenvalue weighted by atomic mass is 10.1. The first kappa shape index (κ1) is 14.1. The average Bonchev–Trinajstić information content (AvgIpc) is 2.80. The molecule has 1 aliphatic rings. The summed E-state index contributed by atoms with van der Waals surface area (Å²) in [4.78, 5) is 14.1. The molecule has 0 aromatic carbocycles. The third-order valence-corrected chi connectivity index (χ3v) is 4.01. The van der Waals surface area contributed by atoms with Gasteiger partial charge in [0.1, 0.15) is 10.6 Å². The molecule has 0 aliphatic carbocycles. The van der Waals surface area contributed by atoms with Crippen LogP contribution in [0.2, 0.25) is 0 Å². The van der Waals surface area contributed by atoms with Gasteiger partial charge in [0.2, 0.25) is 0 Å². The number of rotatable bonds is 3. The highest BCUT2D eigenvalue weighted by molar-refractivity contribution is 7.11. The Kier molecular flexibility index (Phi) is 3.69. The maximum absolute atomic E-state index is 12.2. The second kappa shape index (κ2) is 4.97. The van der Waals surface area contributed by atoms with Gasteiger partial charge in [0.15, 0.2) is 5.82 Å². The fraction of sp³-hybridized carbons (Fsp3) is 0.667. The van der Waals surface area contributed by atoms with Crippen LogP contribution in [0.5, 0.6) is 0 Å². The molecule has 2 heterocycles. The first-order valence-electron chi connectivity index (χ1n) is 6.33. The van der Waals surface area contributed by atoms with Crippen molar-refractivity contribution in [1.82, 2.24) is 9.69 Å². The number of anilines is 2. The molecule has 0 bridgehead atoms. The Bertz CT molecular complexity index is 484. The summed E-state index contributed by atoms with van der Waals surface area (Å²) in [5.74, 6) is 0.0486. The monoisotopic (exact) mass is 284 g/mol. The Hall–Kier alpha value is -1.34. The largest absolute Gasteiger partial charge is 0.388 e. The van der Waals surface area contributed by atoms with E-state index >= 15 is 0 Å². The van der Waals surface area contributed by atoms with Gasteiger partial charge in [-0.05, 0) is 38.7 Å². The number of carbonyl (C=O) groups is 1. The minimum absolute atomic E-state index is 0.0429. The third kappa shape index (κ3) is 2.98. The molecule has 1 unspecified atom stereocenters. The van der Waals surface area contributed by atoms with Crippen LogP contribution in [0, 0.1) is 0 Å². The molecule has 7 heteroatoms. The molecular formula is C12H20N4O2S. The molecule has 1 aliphatic heterocycles. The van der Waals surface area contributed by atoms with Crippen LogP contribution in [0.25, 0.3) is 0 Å². The van der Waals surface area contributed by atoms with Crippen LogP contribution in [-0.2, 0) is 0 Å². The fourth-order valence-corrected chi connectivity index (χ4v) is 3.01. The normalized spacial score (nSPS) is 23.1. The molecule has 2 rings (SSSR count). The molecule has 6 nitrogen and oxygen atoms in total. The number of nitrogens with zero attached hydrogens (tertiary/aromatic N) is 2. The van der Waals surface area contributed by atoms with Crippen molar-refractivity contribution in [3.63, 3.8) is 0 Å². The van der Waals surface area contributed by atoms with E-state index < -0.39 is 5.60 Å². The minimum atomic E-state index is -0.718. The van der Waals surface area contributed by atoms with E-state index in [1.54, 1.807) is 6.92 Å². The quantitative estimate of drug-likeness (QED) is 0.764. The molecule has 0 spiro atoms. The van der Waals surface area contributed by atoms with Gasteiger partial charge in [0, 0.05) is 19.1 Å². The maximum Gasteiger partial charge on any atom is 0.258 e. The number of hydrogen-bond donors (Lipinski definition) is 3. The highest BCUT2D eigenvalue weighted by Crippen LogP contribution is 2.35. The zero-order chi connectivity index (χ0) is 14.2. The van der Waals surface area contributed by atoms with E-state index in [0.29, 0.717) is 25.1 Å². The van der Waals surface area contributed by atoms with E-state index in [0.717, 1.165) is 5.00 Å². The molecular weight excluding hydrogens is 264 g/mol. The van der Waals surface area contributed by atoms with Gasteiger partial charge in [-0.2, -0.15) is 4.37 Å². The Balaban J connectivity index is 2.25. The summed E-state index contributed by atoms with van der Waals surface area (Å²) in [5, 5.41) is 13.6. The number of nitrogens with two attached hydrogens (primary N) is 1. The fourth-order valence-electron chi connectivity index (χ4n) is 2.18. The summed E-state index contributed by atoms with van der Waals surface area (Å²) in [6.07, 6.45) is 0.677. The van der Waals surface area contributed by atoms with Crippen LogP contribution in [0.4, 0.5) is 10.8 Å². The van der Waals surface area contributed by atoms with E-state index in [1.165, 1.54) is 11.5 Å². The number of β-amino-alcohol motifs (C(OH)–C–C–N with tert-alkyl or cyclic N) is 1. The molecule has 0 radical (unpaired) electrons. The summed E-state index contributed by atoms with van der Waals surface area (Å²) < 4.78 is 4.07. The van der Waals surface area contributed by atoms with Crippen molar-refractivity contribution in [3.05, 3.63) is 5.56 Å². The molecule has 1 aromatic heterocycles. The van der Waals surface area contributed by atoms with Crippen LogP contribution in [0.15, 0.2) is 0 Å². The Morgan fingerprint density at radius 3 is 2.84 bits per heavy atom. The van der Waals surface area contributed by atoms with E-state index in [2.05, 4.69) is 9.69 Å². The molecule has 0 saturated carbocycles. The average molecular weight is 284 g/mol. The Morgan fingerprint density at radius 2 is 2.32 bits per heavy atom. The number of aromatic nitrogens is 1. The zero-order valence-corrected chi connectivity index (χ0v) is 12.3. The zero-order valence-electron chi connectivity index (χ0n) is 11.4. The van der Waals surface area contributed by atoms with Gasteiger partial charge in [-0.15, -0.1) is 0 Å². The lowest BCUT2D eigenvalue weighted by Crippen LogP contribution is -2.33. The number of nitrogens with one attached hydrogen (secondary N) is 1. The topological polar surface area (TPSA) is 91.5 Å². The van der Waals surface area contributed by atoms with Crippen LogP contribution in [0.3, 0.4) is 0 Å². The molecule has 1 fully saturated rings. The van der Waals surface area contributed by atoms with Crippen LogP contribution in [-0.4, -0.2) is 40.1 Å². The van der Waals surface area contributed by atoms with Gasteiger partial charge in [-0.25, -0.2) is 0 Å². The van der Waals surface area contributed by atoms with Gasteiger partial charge in [0.25, 0.3) is 5.91 Å². The molecule has 106 valence electrons. The second-order valence-corrected chi connectivity index (χ2v) is 6.30. The highest BCUT2D eigenvalue weighted by Gasteiger charge is 2.35. The summed E-state index contributed by atoms with van der Waals surface area (Å²) in [6.45, 7) is 6.79. The van der Waals surface area contributed by atoms with Gasteiger partial charge in [-0.1, -0.05) is 0 Å². The van der Waals surface area contributed by atoms with Gasteiger partial charge >= 0.3 is 0 Å². The summed E-state index contributed by atoms with van der Waals surface area (Å²) in [6, 6.07) is 0.0429. The van der Waals surface area contributed by atoms with Gasteiger partial charge in [0.05, 0.1) is 5.60 Å². The number of carbonyl (C=O) groups excluding carboxylic acids is 1. The summed E-state index contributed by atoms with van der Waals surface area (Å²) in [5.41, 5.74) is 5.51. The van der Waals surface area contributed by atoms with Crippen LogP contribution < -0.4 is 16.0 Å². The van der Waals surface area contributed by atoms with Crippen molar-refractivity contribution >= 4 is 28.3 Å². The molecule has 1 aromatic rings. The van der Waals surface area contributed by atoms with Crippen molar-refractivity contribution in [1.29, 1.82) is 0 Å². The van der Waals surface area contributed by atoms with Crippen molar-refractivity contribution < 1.29 is 9.90 Å². The van der Waals surface area contributed by atoms with Gasteiger partial charge in [-0.3, -0.25) is 4.79 Å². The number of amides is 1. The predicted molar refractivity (Wildman–Crippen MR) is 76.6 cm³/mol. The molecule has 19 heavy (non-hydrogen) atoms. The van der Waals surface area contributed by atoms with Crippen molar-refractivity contribution in [2.24, 2.45) is 0 Å². The molecule has 4 N–H and O–H groups in total. The van der Waals surface area contributed by atoms with Crippen LogP contribution >= 0.6 is 11.5 Å². The lowest BCUT2D eigenvalue weighted by Gasteiger charge is -2.20. The molecule has 1 atom stereocenters. The Morgan fingerprint density at radius 1 is 1.63 bits per heavy atom. The standard InChI is InChI=1S/C12H20N4O2S/c1-7(2)14-10(17)8-9(13)15-19-11(8)16-5-4-12(3,18)6-16/h7,18H,4-6H2,1-3H3,(H2,13,15)(H,14,17). The summed E-state index contributed by atoms with van der Waals surface area (Å²) >= 11 is 1.21. The maximum atomic E-state index is 12.2. The predicted octanol–water partition coefficient (Wildman–Crippen LogP) is 0.825. The van der Waals surface area contributed by atoms with E-state index in [-0.39, 0.29) is 17.8 Å². The number of hydrogen-bond acceptors (Lipinski definition) is 6. The number of aliphatic hydroxyl groups is 1. The van der Waals surface area contributed by atoms with Crippen molar-refractivity contribution in [2.75, 3.05) is 23.7 Å². The minimum Gasteiger partial charge on any atom is -0.388 e. The van der Waals surface area contributed by atoms with Crippen LogP contribution in [0.1, 0.15) is 37.6 Å². The third-order valence-electron chi connectivity index (χ3n) is 3.09. The van der Waals surface area contributed by atoms with Crippen molar-refractivity contribution in [2.45, 2.75) is 38.8 Å². The van der Waals surface area contributed by atoms with Gasteiger partial charge < -0.3 is 21.1 Å². The van der Waals surface area contributed by atoms with E-state index in [1.807, 2.05) is 18.7 Å². The SMILES string of the molecule is CC(C)NC(=O)c1c(N)nsc1N1CCC(C)(O)C1. The Labute approximate surface area is 116 Å². The molecule has 1 saturated heterocycles.